The zero-order valence-electron chi connectivity index (χ0n) is 13.7. The third-order valence-corrected chi connectivity index (χ3v) is 6.36. The topological polar surface area (TPSA) is 53.9 Å². The van der Waals surface area contributed by atoms with E-state index in [9.17, 15) is 4.79 Å². The second-order valence-corrected chi connectivity index (χ2v) is 7.80. The van der Waals surface area contributed by atoms with E-state index in [-0.39, 0.29) is 17.4 Å². The maximum Gasteiger partial charge on any atom is 0.412 e. The zero-order valence-corrected chi connectivity index (χ0v) is 14.6. The molecule has 1 amide bonds. The highest BCUT2D eigenvalue weighted by molar-refractivity contribution is 7.98. The quantitative estimate of drug-likeness (QED) is 0.856. The molecule has 1 atom stereocenters. The molecule has 0 saturated carbocycles. The largest absolute Gasteiger partial charge is 0.449 e. The fourth-order valence-corrected chi connectivity index (χ4v) is 4.73. The van der Waals surface area contributed by atoms with Gasteiger partial charge in [0, 0.05) is 11.2 Å². The highest BCUT2D eigenvalue weighted by Crippen LogP contribution is 2.40. The standard InChI is InChI=1S/C18H23N3O2S/c22-17(23-13-18-6-9-21(10-7-18)11-8-18)19-16-15(12-24-20-16)14-4-2-1-3-5-14/h1-5,15H,6-13H2,(H,19,20,22). The van der Waals surface area contributed by atoms with Gasteiger partial charge in [-0.25, -0.2) is 9.19 Å². The summed E-state index contributed by atoms with van der Waals surface area (Å²) in [6.07, 6.45) is 3.07. The lowest BCUT2D eigenvalue weighted by atomic mass is 9.73. The maximum absolute atomic E-state index is 12.3. The molecular weight excluding hydrogens is 322 g/mol. The number of fused-ring (bicyclic) bond motifs is 3. The van der Waals surface area contributed by atoms with Crippen molar-refractivity contribution in [1.29, 1.82) is 0 Å². The lowest BCUT2D eigenvalue weighted by molar-refractivity contribution is -0.0206. The fraction of sp³-hybridized carbons (Fsp3) is 0.556. The van der Waals surface area contributed by atoms with E-state index >= 15 is 0 Å². The summed E-state index contributed by atoms with van der Waals surface area (Å²) in [5, 5.41) is 2.88. The van der Waals surface area contributed by atoms with Crippen LogP contribution in [0.4, 0.5) is 4.79 Å². The van der Waals surface area contributed by atoms with Gasteiger partial charge in [-0.1, -0.05) is 30.3 Å². The van der Waals surface area contributed by atoms with E-state index in [0.29, 0.717) is 12.4 Å². The van der Waals surface area contributed by atoms with E-state index in [1.165, 1.54) is 17.5 Å². The molecule has 5 nitrogen and oxygen atoms in total. The number of rotatable bonds is 3. The van der Waals surface area contributed by atoms with Gasteiger partial charge in [-0.2, -0.15) is 0 Å². The normalized spacial score (nSPS) is 31.6. The van der Waals surface area contributed by atoms with E-state index in [4.69, 9.17) is 4.74 Å². The highest BCUT2D eigenvalue weighted by Gasteiger charge is 2.40. The molecule has 0 spiro atoms. The SMILES string of the molecule is O=C(NC1=NSCC1c1ccccc1)OCC12CCN(CC1)CC2. The number of carbonyl (C=O) groups is 1. The van der Waals surface area contributed by atoms with Crippen LogP contribution in [-0.2, 0) is 4.74 Å². The van der Waals surface area contributed by atoms with E-state index < -0.39 is 0 Å². The predicted molar refractivity (Wildman–Crippen MR) is 96.3 cm³/mol. The molecule has 3 saturated heterocycles. The molecule has 1 N–H and O–H groups in total. The first kappa shape index (κ1) is 16.0. The number of amidine groups is 1. The number of carbonyl (C=O) groups excluding carboxylic acids is 1. The Bertz CT molecular complexity index is 613. The van der Waals surface area contributed by atoms with Gasteiger partial charge in [0.25, 0.3) is 0 Å². The Kier molecular flexibility index (Phi) is 4.50. The Hall–Kier alpha value is -1.53. The number of benzene rings is 1. The van der Waals surface area contributed by atoms with Crippen molar-refractivity contribution in [2.75, 3.05) is 32.0 Å². The monoisotopic (exact) mass is 345 g/mol. The van der Waals surface area contributed by atoms with Crippen molar-refractivity contribution in [1.82, 2.24) is 10.2 Å². The third kappa shape index (κ3) is 3.30. The maximum atomic E-state index is 12.3. The van der Waals surface area contributed by atoms with Crippen LogP contribution in [0.15, 0.2) is 34.7 Å². The summed E-state index contributed by atoms with van der Waals surface area (Å²) >= 11 is 1.50. The molecule has 0 radical (unpaired) electrons. The summed E-state index contributed by atoms with van der Waals surface area (Å²) < 4.78 is 9.98. The van der Waals surface area contributed by atoms with Crippen LogP contribution in [0.1, 0.15) is 30.7 Å². The van der Waals surface area contributed by atoms with Gasteiger partial charge in [-0.15, -0.1) is 0 Å². The summed E-state index contributed by atoms with van der Waals surface area (Å²) in [5.41, 5.74) is 1.39. The number of hydrogen-bond acceptors (Lipinski definition) is 5. The number of nitrogens with one attached hydrogen (secondary N) is 1. The van der Waals surface area contributed by atoms with E-state index in [1.807, 2.05) is 18.2 Å². The van der Waals surface area contributed by atoms with E-state index in [1.54, 1.807) is 0 Å². The van der Waals surface area contributed by atoms with Crippen LogP contribution >= 0.6 is 11.9 Å². The Morgan fingerprint density at radius 1 is 1.25 bits per heavy atom. The molecule has 24 heavy (non-hydrogen) atoms. The molecule has 4 heterocycles. The molecule has 3 fully saturated rings. The van der Waals surface area contributed by atoms with Crippen molar-refractivity contribution in [2.24, 2.45) is 9.81 Å². The molecule has 5 rings (SSSR count). The second-order valence-electron chi connectivity index (χ2n) is 7.03. The van der Waals surface area contributed by atoms with Gasteiger partial charge in [-0.05, 0) is 56.4 Å². The number of nitrogens with zero attached hydrogens (tertiary/aromatic N) is 2. The van der Waals surface area contributed by atoms with E-state index in [0.717, 1.165) is 44.6 Å². The molecule has 1 unspecified atom stereocenters. The van der Waals surface area contributed by atoms with Crippen molar-refractivity contribution in [3.8, 4) is 0 Å². The average molecular weight is 345 g/mol. The van der Waals surface area contributed by atoms with E-state index in [2.05, 4.69) is 26.7 Å². The van der Waals surface area contributed by atoms with Crippen LogP contribution in [0, 0.1) is 5.41 Å². The van der Waals surface area contributed by atoms with Crippen LogP contribution < -0.4 is 5.32 Å². The summed E-state index contributed by atoms with van der Waals surface area (Å²) in [4.78, 5) is 14.8. The lowest BCUT2D eigenvalue weighted by Crippen LogP contribution is -2.50. The number of ether oxygens (including phenoxy) is 1. The molecule has 0 aliphatic carbocycles. The molecule has 128 valence electrons. The zero-order chi connectivity index (χ0) is 16.4. The van der Waals surface area contributed by atoms with Gasteiger partial charge in [-0.3, -0.25) is 5.32 Å². The summed E-state index contributed by atoms with van der Waals surface area (Å²) in [6.45, 7) is 3.96. The minimum Gasteiger partial charge on any atom is -0.449 e. The summed E-state index contributed by atoms with van der Waals surface area (Å²) in [5.74, 6) is 1.71. The third-order valence-electron chi connectivity index (χ3n) is 5.55. The van der Waals surface area contributed by atoms with Crippen molar-refractivity contribution in [3.05, 3.63) is 35.9 Å². The van der Waals surface area contributed by atoms with Crippen LogP contribution in [0.5, 0.6) is 0 Å². The van der Waals surface area contributed by atoms with Gasteiger partial charge >= 0.3 is 6.09 Å². The number of alkyl carbamates (subject to hydrolysis) is 1. The number of piperidine rings is 3. The first-order valence-corrected chi connectivity index (χ1v) is 9.59. The lowest BCUT2D eigenvalue weighted by Gasteiger charge is -2.47. The Balaban J connectivity index is 1.32. The molecule has 6 heteroatoms. The van der Waals surface area contributed by atoms with Gasteiger partial charge in [0.05, 0.1) is 12.5 Å². The summed E-state index contributed by atoms with van der Waals surface area (Å²) in [6, 6.07) is 10.2. The van der Waals surface area contributed by atoms with Gasteiger partial charge in [0.2, 0.25) is 0 Å². The molecule has 0 aromatic heterocycles. The van der Waals surface area contributed by atoms with Crippen molar-refractivity contribution < 1.29 is 9.53 Å². The average Bonchev–Trinajstić information content (AvgIpc) is 3.10. The minimum atomic E-state index is -0.362. The smallest absolute Gasteiger partial charge is 0.412 e. The number of amides is 1. The highest BCUT2D eigenvalue weighted by atomic mass is 32.2. The molecule has 1 aromatic rings. The van der Waals surface area contributed by atoms with Crippen molar-refractivity contribution in [2.45, 2.75) is 25.2 Å². The fourth-order valence-electron chi connectivity index (χ4n) is 3.85. The van der Waals surface area contributed by atoms with Crippen molar-refractivity contribution in [3.63, 3.8) is 0 Å². The first-order chi connectivity index (χ1) is 11.7. The van der Waals surface area contributed by atoms with Gasteiger partial charge < -0.3 is 9.64 Å². The van der Waals surface area contributed by atoms with Crippen molar-refractivity contribution >= 4 is 23.9 Å². The predicted octanol–water partition coefficient (Wildman–Crippen LogP) is 3.04. The minimum absolute atomic E-state index is 0.139. The summed E-state index contributed by atoms with van der Waals surface area (Å²) in [7, 11) is 0. The Labute approximate surface area is 147 Å². The number of hydrogen-bond donors (Lipinski definition) is 1. The van der Waals surface area contributed by atoms with Crippen LogP contribution in [0.2, 0.25) is 0 Å². The first-order valence-electron chi connectivity index (χ1n) is 8.65. The molecule has 2 bridgehead atoms. The molecule has 4 aliphatic rings. The second kappa shape index (κ2) is 6.76. The van der Waals surface area contributed by atoms with Crippen LogP contribution in [0.3, 0.4) is 0 Å². The van der Waals surface area contributed by atoms with Crippen LogP contribution in [0.25, 0.3) is 0 Å². The van der Waals surface area contributed by atoms with Crippen LogP contribution in [-0.4, -0.2) is 48.8 Å². The molecule has 1 aromatic carbocycles. The molecule has 4 aliphatic heterocycles. The Morgan fingerprint density at radius 3 is 2.67 bits per heavy atom. The van der Waals surface area contributed by atoms with Gasteiger partial charge in [0.1, 0.15) is 5.84 Å². The van der Waals surface area contributed by atoms with Gasteiger partial charge in [0.15, 0.2) is 0 Å². The molecular formula is C18H23N3O2S. The Morgan fingerprint density at radius 2 is 1.96 bits per heavy atom.